The molecule has 0 saturated carbocycles. The number of hydrogen-bond acceptors (Lipinski definition) is 4. The Kier molecular flexibility index (Phi) is 3.14. The molecule has 2 aromatic rings. The van der Waals surface area contributed by atoms with E-state index in [1.807, 2.05) is 0 Å². The molecule has 1 aliphatic carbocycles. The molecule has 0 unspecified atom stereocenters. The molecule has 0 bridgehead atoms. The van der Waals surface area contributed by atoms with Crippen molar-refractivity contribution in [2.75, 3.05) is 6.61 Å². The molecule has 2 N–H and O–H groups in total. The molecular weight excluding hydrogens is 282 g/mol. The first-order valence-electron chi connectivity index (χ1n) is 6.25. The Morgan fingerprint density at radius 1 is 1.35 bits per heavy atom. The second kappa shape index (κ2) is 4.83. The van der Waals surface area contributed by atoms with E-state index < -0.39 is 5.91 Å². The van der Waals surface area contributed by atoms with Crippen molar-refractivity contribution in [1.29, 1.82) is 0 Å². The maximum absolute atomic E-state index is 11.9. The summed E-state index contributed by atoms with van der Waals surface area (Å²) < 4.78 is 10.5. The fourth-order valence-corrected chi connectivity index (χ4v) is 2.76. The van der Waals surface area contributed by atoms with Crippen LogP contribution in [0.15, 0.2) is 21.3 Å². The van der Waals surface area contributed by atoms with Gasteiger partial charge in [-0.1, -0.05) is 11.6 Å². The molecule has 0 radical (unpaired) electrons. The number of ether oxygens (including phenoxy) is 1. The number of amides is 1. The second-order valence-corrected chi connectivity index (χ2v) is 5.14. The van der Waals surface area contributed by atoms with Gasteiger partial charge in [-0.3, -0.25) is 4.79 Å². The van der Waals surface area contributed by atoms with Gasteiger partial charge in [0.05, 0.1) is 5.02 Å². The predicted octanol–water partition coefficient (Wildman–Crippen LogP) is 1.80. The molecule has 0 atom stereocenters. The number of nitrogens with two attached hydrogens (primary N) is 1. The van der Waals surface area contributed by atoms with Gasteiger partial charge in [0.25, 0.3) is 5.91 Å². The molecule has 6 heteroatoms. The Morgan fingerprint density at radius 2 is 2.10 bits per heavy atom. The quantitative estimate of drug-likeness (QED) is 0.875. The minimum atomic E-state index is -0.600. The van der Waals surface area contributed by atoms with E-state index in [2.05, 4.69) is 0 Å². The van der Waals surface area contributed by atoms with Crippen molar-refractivity contribution in [2.24, 2.45) is 5.73 Å². The summed E-state index contributed by atoms with van der Waals surface area (Å²) in [4.78, 5) is 22.6. The van der Waals surface area contributed by atoms with Crippen LogP contribution < -0.4 is 16.1 Å². The van der Waals surface area contributed by atoms with E-state index in [0.29, 0.717) is 10.6 Å². The number of carbonyl (C=O) groups is 1. The lowest BCUT2D eigenvalue weighted by atomic mass is 10.1. The lowest BCUT2D eigenvalue weighted by Gasteiger charge is -2.09. The molecular formula is C14H12ClNO4. The second-order valence-electron chi connectivity index (χ2n) is 4.73. The van der Waals surface area contributed by atoms with Crippen LogP contribution >= 0.6 is 11.6 Å². The first-order valence-corrected chi connectivity index (χ1v) is 6.63. The Balaban J connectivity index is 2.14. The van der Waals surface area contributed by atoms with Crippen LogP contribution in [0.5, 0.6) is 5.75 Å². The van der Waals surface area contributed by atoms with Gasteiger partial charge in [0, 0.05) is 17.0 Å². The lowest BCUT2D eigenvalue weighted by Crippen LogP contribution is -2.20. The van der Waals surface area contributed by atoms with Crippen molar-refractivity contribution in [3.8, 4) is 5.75 Å². The highest BCUT2D eigenvalue weighted by Gasteiger charge is 2.20. The topological polar surface area (TPSA) is 82.5 Å². The number of rotatable bonds is 3. The molecule has 0 spiro atoms. The summed E-state index contributed by atoms with van der Waals surface area (Å²) in [6, 6.07) is 3.24. The molecule has 1 aromatic carbocycles. The lowest BCUT2D eigenvalue weighted by molar-refractivity contribution is -0.119. The summed E-state index contributed by atoms with van der Waals surface area (Å²) in [6.07, 6.45) is 2.52. The average Bonchev–Trinajstić information content (AvgIpc) is 2.87. The Labute approximate surface area is 119 Å². The summed E-state index contributed by atoms with van der Waals surface area (Å²) in [5, 5.41) is 1.19. The fourth-order valence-electron chi connectivity index (χ4n) is 2.54. The van der Waals surface area contributed by atoms with Crippen LogP contribution in [0.4, 0.5) is 0 Å². The van der Waals surface area contributed by atoms with E-state index in [1.54, 1.807) is 6.07 Å². The largest absolute Gasteiger partial charge is 0.482 e. The molecule has 1 heterocycles. The summed E-state index contributed by atoms with van der Waals surface area (Å²) in [5.74, 6) is -0.323. The van der Waals surface area contributed by atoms with E-state index in [1.165, 1.54) is 6.07 Å². The maximum atomic E-state index is 11.9. The molecule has 104 valence electrons. The van der Waals surface area contributed by atoms with Gasteiger partial charge >= 0.3 is 5.63 Å². The van der Waals surface area contributed by atoms with E-state index >= 15 is 0 Å². The molecule has 1 aliphatic rings. The highest BCUT2D eigenvalue weighted by molar-refractivity contribution is 6.32. The minimum Gasteiger partial charge on any atom is -0.482 e. The number of fused-ring (bicyclic) bond motifs is 3. The van der Waals surface area contributed by atoms with E-state index in [9.17, 15) is 9.59 Å². The average molecular weight is 294 g/mol. The standard InChI is InChI=1S/C14H12ClNO4/c15-10-4-9-7-2-1-3-8(7)14(18)20-11(9)5-12(10)19-6-13(16)17/h4-5H,1-3,6H2,(H2,16,17). The maximum Gasteiger partial charge on any atom is 0.339 e. The van der Waals surface area contributed by atoms with Gasteiger partial charge in [0.15, 0.2) is 6.61 Å². The van der Waals surface area contributed by atoms with E-state index in [0.717, 1.165) is 35.8 Å². The molecule has 20 heavy (non-hydrogen) atoms. The highest BCUT2D eigenvalue weighted by Crippen LogP contribution is 2.34. The van der Waals surface area contributed by atoms with Crippen LogP contribution in [-0.2, 0) is 17.6 Å². The Morgan fingerprint density at radius 3 is 2.85 bits per heavy atom. The molecule has 0 saturated heterocycles. The number of benzene rings is 1. The van der Waals surface area contributed by atoms with Gasteiger partial charge in [0.1, 0.15) is 11.3 Å². The number of carbonyl (C=O) groups excluding carboxylic acids is 1. The monoisotopic (exact) mass is 293 g/mol. The third-order valence-electron chi connectivity index (χ3n) is 3.40. The van der Waals surface area contributed by atoms with Crippen LogP contribution in [-0.4, -0.2) is 12.5 Å². The predicted molar refractivity (Wildman–Crippen MR) is 74.2 cm³/mol. The first-order chi connectivity index (χ1) is 9.56. The van der Waals surface area contributed by atoms with Crippen molar-refractivity contribution in [3.05, 3.63) is 38.7 Å². The zero-order valence-electron chi connectivity index (χ0n) is 10.6. The smallest absolute Gasteiger partial charge is 0.339 e. The van der Waals surface area contributed by atoms with E-state index in [-0.39, 0.29) is 18.0 Å². The molecule has 3 rings (SSSR count). The zero-order valence-corrected chi connectivity index (χ0v) is 11.3. The molecule has 1 amide bonds. The SMILES string of the molecule is NC(=O)COc1cc2oc(=O)c3c(c2cc1Cl)CCC3. The van der Waals surface area contributed by atoms with Crippen molar-refractivity contribution in [1.82, 2.24) is 0 Å². The Hall–Kier alpha value is -2.01. The van der Waals surface area contributed by atoms with Crippen molar-refractivity contribution >= 4 is 28.5 Å². The fraction of sp³-hybridized carbons (Fsp3) is 0.286. The van der Waals surface area contributed by atoms with Crippen LogP contribution in [0.2, 0.25) is 5.02 Å². The van der Waals surface area contributed by atoms with Crippen LogP contribution in [0.25, 0.3) is 11.0 Å². The highest BCUT2D eigenvalue weighted by atomic mass is 35.5. The van der Waals surface area contributed by atoms with E-state index in [4.69, 9.17) is 26.5 Å². The van der Waals surface area contributed by atoms with Gasteiger partial charge in [-0.15, -0.1) is 0 Å². The van der Waals surface area contributed by atoms with Gasteiger partial charge in [-0.2, -0.15) is 0 Å². The van der Waals surface area contributed by atoms with Crippen LogP contribution in [0.1, 0.15) is 17.5 Å². The van der Waals surface area contributed by atoms with Gasteiger partial charge in [-0.05, 0) is 30.9 Å². The third kappa shape index (κ3) is 2.14. The summed E-state index contributed by atoms with van der Waals surface area (Å²) in [5.41, 5.74) is 6.86. The molecule has 5 nitrogen and oxygen atoms in total. The van der Waals surface area contributed by atoms with Crippen molar-refractivity contribution in [3.63, 3.8) is 0 Å². The van der Waals surface area contributed by atoms with Crippen LogP contribution in [0, 0.1) is 0 Å². The van der Waals surface area contributed by atoms with Gasteiger partial charge in [-0.25, -0.2) is 4.79 Å². The van der Waals surface area contributed by atoms with Crippen molar-refractivity contribution < 1.29 is 13.9 Å². The normalized spacial score (nSPS) is 13.4. The first kappa shape index (κ1) is 13.0. The van der Waals surface area contributed by atoms with Crippen molar-refractivity contribution in [2.45, 2.75) is 19.3 Å². The van der Waals surface area contributed by atoms with Crippen LogP contribution in [0.3, 0.4) is 0 Å². The zero-order chi connectivity index (χ0) is 14.3. The van der Waals surface area contributed by atoms with Gasteiger partial charge < -0.3 is 14.9 Å². The Bertz CT molecular complexity index is 766. The number of hydrogen-bond donors (Lipinski definition) is 1. The molecule has 0 aliphatic heterocycles. The number of primary amides is 1. The number of aryl methyl sites for hydroxylation is 1. The van der Waals surface area contributed by atoms with Gasteiger partial charge in [0.2, 0.25) is 0 Å². The molecule has 1 aromatic heterocycles. The minimum absolute atomic E-state index is 0.277. The number of halogens is 1. The summed E-state index contributed by atoms with van der Waals surface area (Å²) in [6.45, 7) is -0.277. The third-order valence-corrected chi connectivity index (χ3v) is 3.69. The summed E-state index contributed by atoms with van der Waals surface area (Å²) in [7, 11) is 0. The molecule has 0 fully saturated rings. The summed E-state index contributed by atoms with van der Waals surface area (Å²) >= 11 is 6.13.